The summed E-state index contributed by atoms with van der Waals surface area (Å²) in [6, 6.07) is 9.73. The Morgan fingerprint density at radius 2 is 1.33 bits per heavy atom. The number of methoxy groups -OCH3 is 1. The highest BCUT2D eigenvalue weighted by atomic mass is 28.4. The third-order valence-corrected chi connectivity index (χ3v) is 33.7. The van der Waals surface area contributed by atoms with Gasteiger partial charge in [-0.3, -0.25) is 0 Å². The molecule has 15 heteroatoms. The molecule has 8 heterocycles. The van der Waals surface area contributed by atoms with Crippen LogP contribution >= 0.6 is 0 Å². The molecule has 12 nitrogen and oxygen atoms in total. The Bertz CT molecular complexity index is 1720. The highest BCUT2D eigenvalue weighted by molar-refractivity contribution is 6.74. The molecule has 0 spiro atoms. The largest absolute Gasteiger partial charge is 0.414 e. The van der Waals surface area contributed by atoms with Gasteiger partial charge in [-0.1, -0.05) is 88.5 Å². The van der Waals surface area contributed by atoms with E-state index in [9.17, 15) is 5.11 Å². The van der Waals surface area contributed by atoms with Crippen LogP contribution in [0.2, 0.25) is 54.4 Å². The van der Waals surface area contributed by atoms with Crippen LogP contribution in [0.15, 0.2) is 37.0 Å². The number of hydrogen-bond donors (Lipinski definition) is 1. The Labute approximate surface area is 440 Å². The van der Waals surface area contributed by atoms with Gasteiger partial charge >= 0.3 is 0 Å². The average Bonchev–Trinajstić information content (AvgIpc) is 4.08. The summed E-state index contributed by atoms with van der Waals surface area (Å²) in [5.74, 6) is -0.430. The molecule has 8 fully saturated rings. The van der Waals surface area contributed by atoms with Crippen molar-refractivity contribution in [3.8, 4) is 0 Å². The molecule has 6 bridgehead atoms. The molecule has 8 aliphatic rings. The Morgan fingerprint density at radius 3 is 1.96 bits per heavy atom. The molecule has 72 heavy (non-hydrogen) atoms. The molecule has 18 atom stereocenters. The van der Waals surface area contributed by atoms with Crippen LogP contribution in [0, 0.1) is 11.8 Å². The second kappa shape index (κ2) is 25.9. The van der Waals surface area contributed by atoms with Crippen LogP contribution in [-0.4, -0.2) is 148 Å². The summed E-state index contributed by atoms with van der Waals surface area (Å²) in [6.07, 6.45) is 8.57. The molecule has 8 saturated heterocycles. The zero-order valence-electron chi connectivity index (χ0n) is 47.0. The molecule has 0 aromatic carbocycles. The van der Waals surface area contributed by atoms with Crippen molar-refractivity contribution in [1.82, 2.24) is 0 Å². The molecule has 0 aliphatic carbocycles. The fourth-order valence-electron chi connectivity index (χ4n) is 14.3. The van der Waals surface area contributed by atoms with Crippen LogP contribution in [0.5, 0.6) is 0 Å². The van der Waals surface area contributed by atoms with E-state index in [1.165, 1.54) is 0 Å². The van der Waals surface area contributed by atoms with E-state index in [2.05, 4.69) is 89.0 Å². The summed E-state index contributed by atoms with van der Waals surface area (Å²) in [7, 11) is -4.00. The number of ether oxygens (including phenoxy) is 8. The predicted octanol–water partition coefficient (Wildman–Crippen LogP) is 12.0. The molecule has 8 rings (SSSR count). The Morgan fingerprint density at radius 1 is 0.694 bits per heavy atom. The van der Waals surface area contributed by atoms with E-state index in [0.717, 1.165) is 104 Å². The number of hydrogen-bond acceptors (Lipinski definition) is 12. The average molecular weight is 1060 g/mol. The van der Waals surface area contributed by atoms with Gasteiger partial charge in [0.2, 0.25) is 0 Å². The van der Waals surface area contributed by atoms with Gasteiger partial charge in [-0.15, -0.1) is 6.58 Å². The van der Waals surface area contributed by atoms with Crippen molar-refractivity contribution in [3.05, 3.63) is 37.0 Å². The quantitative estimate of drug-likeness (QED) is 0.0525. The third-order valence-electron chi connectivity index (χ3n) is 19.7. The maximum Gasteiger partial charge on any atom is 0.192 e. The first kappa shape index (κ1) is 59.1. The molecule has 1 N–H and O–H groups in total. The van der Waals surface area contributed by atoms with Crippen molar-refractivity contribution in [2.75, 3.05) is 20.3 Å². The molecule has 0 radical (unpaired) electrons. The van der Waals surface area contributed by atoms with E-state index < -0.39 is 30.7 Å². The van der Waals surface area contributed by atoms with E-state index in [1.54, 1.807) is 7.11 Å². The lowest BCUT2D eigenvalue weighted by atomic mass is 9.82. The lowest BCUT2D eigenvalue weighted by Gasteiger charge is -2.47. The monoisotopic (exact) mass is 1060 g/mol. The topological polar surface area (TPSA) is 122 Å². The number of aliphatic hydroxyl groups is 1. The summed E-state index contributed by atoms with van der Waals surface area (Å²) in [5.41, 5.74) is 2.28. The van der Waals surface area contributed by atoms with Gasteiger partial charge in [-0.2, -0.15) is 0 Å². The Hall–Kier alpha value is -0.609. The first-order chi connectivity index (χ1) is 34.6. The Kier molecular flexibility index (Phi) is 21.2. The first-order valence-corrected chi connectivity index (χ1v) is 36.9. The zero-order valence-corrected chi connectivity index (χ0v) is 50.0. The van der Waals surface area contributed by atoms with E-state index in [1.807, 2.05) is 6.08 Å². The first-order valence-electron chi connectivity index (χ1n) is 29.4. The summed E-state index contributed by atoms with van der Waals surface area (Å²) in [4.78, 5) is 0. The smallest absolute Gasteiger partial charge is 0.192 e. The predicted molar refractivity (Wildman–Crippen MR) is 293 cm³/mol. The number of rotatable bonds is 31. The van der Waals surface area contributed by atoms with Crippen LogP contribution in [0.1, 0.15) is 140 Å². The maximum atomic E-state index is 10.4. The lowest BCUT2D eigenvalue weighted by Crippen LogP contribution is -2.62. The molecule has 0 aromatic heterocycles. The molecular formula is C57H102O12Si3. The van der Waals surface area contributed by atoms with Crippen LogP contribution in [-0.2, 0) is 51.2 Å². The van der Waals surface area contributed by atoms with Crippen LogP contribution in [0.4, 0.5) is 0 Å². The molecule has 414 valence electrons. The van der Waals surface area contributed by atoms with Crippen molar-refractivity contribution in [2.45, 2.75) is 292 Å². The van der Waals surface area contributed by atoms with Crippen molar-refractivity contribution in [2.24, 2.45) is 11.8 Å². The molecule has 0 unspecified atom stereocenters. The number of aliphatic hydroxyl groups excluding tert-OH is 1. The fourth-order valence-corrected chi connectivity index (χ4v) is 22.6. The van der Waals surface area contributed by atoms with Gasteiger partial charge in [0.1, 0.15) is 30.5 Å². The summed E-state index contributed by atoms with van der Waals surface area (Å²) in [6.45, 7) is 36.8. The fraction of sp³-hybridized carbons (Fsp3) is 0.895. The van der Waals surface area contributed by atoms with Gasteiger partial charge in [0.15, 0.2) is 30.7 Å². The van der Waals surface area contributed by atoms with E-state index in [-0.39, 0.29) is 104 Å². The summed E-state index contributed by atoms with van der Waals surface area (Å²) < 4.78 is 76.5. The van der Waals surface area contributed by atoms with Crippen LogP contribution in [0.3, 0.4) is 0 Å². The minimum absolute atomic E-state index is 0.0227. The second-order valence-corrected chi connectivity index (χ2v) is 37.4. The van der Waals surface area contributed by atoms with Crippen molar-refractivity contribution in [1.29, 1.82) is 0 Å². The van der Waals surface area contributed by atoms with Crippen LogP contribution in [0.25, 0.3) is 0 Å². The SMILES string of the molecule is C=CC[C@@H]1O[C@@H]2[C@H]3O[C@@H]4C[C@](CC[C@H]5CC(=C)[C@H](CC[C@H]6C[C@@H](C)C(=C)[C@@H](C[C@@H]7O[C@H](C[C@@H](CO[Si](CC)(CC)CC)O[Si](CC)(CC)CC)[C@H](OC)[C@H]7CCO)O6)O5)(O[C@H]3[C@H]1O[Si](CC)(CC)CC)O[C@H]24. The molecule has 8 aliphatic heterocycles. The minimum Gasteiger partial charge on any atom is -0.414 e. The van der Waals surface area contributed by atoms with Crippen LogP contribution < -0.4 is 0 Å². The standard InChI is InChI=1S/C57H102O12Si3/c1-15-25-46-53(69-72(22-8,23-9)24-10)56-55-54(64-46)52-50(65-55)36-57(66-52,67-56)30-28-42-33-39(12)45(61-42)27-26-41-32-38(11)40(13)47(62-41)35-48-44(29-31-58)51(59-14)49(63-48)34-43(68-71(19-5,20-6)21-7)37-60-70(16-2,17-3)18-4/h15,38,41-56,58H,1,12-13,16-37H2,2-11,14H3/t38-,41+,42+,43+,44+,45+,46+,47-,48+,49-,50-,51-,52+,53+,54+,55-,56+,57+/m1/s1. The summed E-state index contributed by atoms with van der Waals surface area (Å²) in [5, 5.41) is 10.4. The molecule has 0 amide bonds. The zero-order chi connectivity index (χ0) is 52.0. The third kappa shape index (κ3) is 12.6. The Balaban J connectivity index is 0.961. The van der Waals surface area contributed by atoms with Gasteiger partial charge in [0, 0.05) is 45.3 Å². The van der Waals surface area contributed by atoms with Crippen molar-refractivity contribution < 1.29 is 56.3 Å². The van der Waals surface area contributed by atoms with Gasteiger partial charge < -0.3 is 56.3 Å². The highest BCUT2D eigenvalue weighted by Gasteiger charge is 2.68. The molecule has 0 aromatic rings. The second-order valence-electron chi connectivity index (χ2n) is 23.2. The van der Waals surface area contributed by atoms with Gasteiger partial charge in [0.05, 0.1) is 67.6 Å². The highest BCUT2D eigenvalue weighted by Crippen LogP contribution is 2.54. The molecule has 0 saturated carbocycles. The lowest BCUT2D eigenvalue weighted by molar-refractivity contribution is -0.271. The van der Waals surface area contributed by atoms with E-state index in [4.69, 9.17) is 51.2 Å². The van der Waals surface area contributed by atoms with Gasteiger partial charge in [0.25, 0.3) is 0 Å². The van der Waals surface area contributed by atoms with E-state index >= 15 is 0 Å². The van der Waals surface area contributed by atoms with Gasteiger partial charge in [-0.05, 0) is 116 Å². The van der Waals surface area contributed by atoms with Crippen molar-refractivity contribution >= 4 is 25.0 Å². The minimum atomic E-state index is -2.00. The van der Waals surface area contributed by atoms with Crippen molar-refractivity contribution in [3.63, 3.8) is 0 Å². The normalized spacial score (nSPS) is 38.3. The maximum absolute atomic E-state index is 10.4. The summed E-state index contributed by atoms with van der Waals surface area (Å²) >= 11 is 0. The molecular weight excluding hydrogens is 961 g/mol. The van der Waals surface area contributed by atoms with E-state index in [0.29, 0.717) is 44.6 Å². The van der Waals surface area contributed by atoms with Gasteiger partial charge in [-0.25, -0.2) is 0 Å².